The van der Waals surface area contributed by atoms with Gasteiger partial charge in [-0.3, -0.25) is 4.79 Å². The van der Waals surface area contributed by atoms with E-state index in [1.807, 2.05) is 31.2 Å². The van der Waals surface area contributed by atoms with E-state index in [1.54, 1.807) is 7.11 Å². The lowest BCUT2D eigenvalue weighted by Gasteiger charge is -2.38. The third kappa shape index (κ3) is 3.22. The minimum absolute atomic E-state index is 0.0598. The number of hydrogen-bond donors (Lipinski definition) is 1. The van der Waals surface area contributed by atoms with Gasteiger partial charge in [-0.15, -0.1) is 0 Å². The smallest absolute Gasteiger partial charge is 0.231 e. The lowest BCUT2D eigenvalue weighted by Crippen LogP contribution is -2.54. The maximum Gasteiger partial charge on any atom is 0.231 e. The van der Waals surface area contributed by atoms with Crippen molar-refractivity contribution >= 4 is 5.91 Å². The van der Waals surface area contributed by atoms with Crippen molar-refractivity contribution in [3.8, 4) is 11.5 Å². The molecule has 20 heavy (non-hydrogen) atoms. The maximum absolute atomic E-state index is 12.0. The second-order valence-electron chi connectivity index (χ2n) is 4.91. The van der Waals surface area contributed by atoms with Gasteiger partial charge in [0.2, 0.25) is 5.91 Å². The predicted octanol–water partition coefficient (Wildman–Crippen LogP) is 1.62. The van der Waals surface area contributed by atoms with Crippen LogP contribution >= 0.6 is 0 Å². The summed E-state index contributed by atoms with van der Waals surface area (Å²) in [5.74, 6) is 1.61. The van der Waals surface area contributed by atoms with Crippen LogP contribution in [-0.4, -0.2) is 39.4 Å². The summed E-state index contributed by atoms with van der Waals surface area (Å²) in [5.41, 5.74) is -0.319. The standard InChI is InChI=1S/C15H21NO4/c1-3-15(10-19-11-15)14(17)16-8-9-20-13-6-4-12(18-2)5-7-13/h4-7H,3,8-11H2,1-2H3,(H,16,17). The van der Waals surface area contributed by atoms with E-state index in [9.17, 15) is 4.79 Å². The molecule has 5 heteroatoms. The number of rotatable bonds is 7. The van der Waals surface area contributed by atoms with Gasteiger partial charge in [-0.05, 0) is 30.7 Å². The zero-order chi connectivity index (χ0) is 14.4. The molecule has 1 amide bonds. The van der Waals surface area contributed by atoms with E-state index in [0.29, 0.717) is 26.4 Å². The van der Waals surface area contributed by atoms with Crippen molar-refractivity contribution in [1.82, 2.24) is 5.32 Å². The van der Waals surface area contributed by atoms with Gasteiger partial charge in [-0.2, -0.15) is 0 Å². The van der Waals surface area contributed by atoms with E-state index < -0.39 is 0 Å². The molecule has 1 aromatic rings. The molecule has 1 N–H and O–H groups in total. The Morgan fingerprint density at radius 3 is 2.45 bits per heavy atom. The molecule has 1 fully saturated rings. The van der Waals surface area contributed by atoms with Crippen molar-refractivity contribution < 1.29 is 19.0 Å². The van der Waals surface area contributed by atoms with Crippen LogP contribution in [0.15, 0.2) is 24.3 Å². The largest absolute Gasteiger partial charge is 0.497 e. The highest BCUT2D eigenvalue weighted by atomic mass is 16.5. The van der Waals surface area contributed by atoms with Crippen molar-refractivity contribution in [2.75, 3.05) is 33.5 Å². The van der Waals surface area contributed by atoms with Crippen molar-refractivity contribution in [3.63, 3.8) is 0 Å². The lowest BCUT2D eigenvalue weighted by atomic mass is 9.82. The van der Waals surface area contributed by atoms with Crippen LogP contribution in [0.5, 0.6) is 11.5 Å². The van der Waals surface area contributed by atoms with Crippen LogP contribution in [0.3, 0.4) is 0 Å². The first-order valence-electron chi connectivity index (χ1n) is 6.83. The van der Waals surface area contributed by atoms with Gasteiger partial charge in [0.1, 0.15) is 18.1 Å². The van der Waals surface area contributed by atoms with Crippen molar-refractivity contribution in [2.24, 2.45) is 5.41 Å². The average Bonchev–Trinajstić information content (AvgIpc) is 2.44. The minimum atomic E-state index is -0.319. The van der Waals surface area contributed by atoms with Crippen LogP contribution in [0.4, 0.5) is 0 Å². The highest BCUT2D eigenvalue weighted by Gasteiger charge is 2.43. The van der Waals surface area contributed by atoms with Crippen LogP contribution in [-0.2, 0) is 9.53 Å². The number of carbonyl (C=O) groups excluding carboxylic acids is 1. The number of amides is 1. The quantitative estimate of drug-likeness (QED) is 0.771. The second-order valence-corrected chi connectivity index (χ2v) is 4.91. The SMILES string of the molecule is CCC1(C(=O)NCCOc2ccc(OC)cc2)COC1. The molecule has 0 bridgehead atoms. The lowest BCUT2D eigenvalue weighted by molar-refractivity contribution is -0.162. The fourth-order valence-corrected chi connectivity index (χ4v) is 2.04. The number of hydrogen-bond acceptors (Lipinski definition) is 4. The summed E-state index contributed by atoms with van der Waals surface area (Å²) in [6.45, 7) is 3.99. The van der Waals surface area contributed by atoms with Crippen LogP contribution in [0.25, 0.3) is 0 Å². The molecule has 110 valence electrons. The average molecular weight is 279 g/mol. The molecule has 0 unspecified atom stereocenters. The van der Waals surface area contributed by atoms with Gasteiger partial charge in [0.25, 0.3) is 0 Å². The Bertz CT molecular complexity index is 434. The van der Waals surface area contributed by atoms with Crippen LogP contribution in [0.2, 0.25) is 0 Å². The Balaban J connectivity index is 1.69. The third-order valence-corrected chi connectivity index (χ3v) is 3.63. The van der Waals surface area contributed by atoms with Crippen LogP contribution in [0.1, 0.15) is 13.3 Å². The normalized spacial score (nSPS) is 16.1. The first kappa shape index (κ1) is 14.7. The molecular weight excluding hydrogens is 258 g/mol. The summed E-state index contributed by atoms with van der Waals surface area (Å²) in [4.78, 5) is 12.0. The first-order chi connectivity index (χ1) is 9.70. The molecule has 2 rings (SSSR count). The van der Waals surface area contributed by atoms with Gasteiger partial charge >= 0.3 is 0 Å². The molecule has 0 atom stereocenters. The highest BCUT2D eigenvalue weighted by Crippen LogP contribution is 2.31. The van der Waals surface area contributed by atoms with Gasteiger partial charge in [0.15, 0.2) is 0 Å². The number of ether oxygens (including phenoxy) is 3. The van der Waals surface area contributed by atoms with Crippen molar-refractivity contribution in [2.45, 2.75) is 13.3 Å². The molecule has 1 aromatic carbocycles. The predicted molar refractivity (Wildman–Crippen MR) is 75.0 cm³/mol. The zero-order valence-electron chi connectivity index (χ0n) is 12.0. The maximum atomic E-state index is 12.0. The van der Waals surface area contributed by atoms with Crippen LogP contribution < -0.4 is 14.8 Å². The number of nitrogens with one attached hydrogen (secondary N) is 1. The number of benzene rings is 1. The Labute approximate surface area is 119 Å². The highest BCUT2D eigenvalue weighted by molar-refractivity contribution is 5.83. The molecule has 1 aliphatic heterocycles. The Hall–Kier alpha value is -1.75. The van der Waals surface area contributed by atoms with Gasteiger partial charge in [-0.1, -0.05) is 6.92 Å². The molecule has 0 saturated carbocycles. The summed E-state index contributed by atoms with van der Waals surface area (Å²) in [7, 11) is 1.62. The van der Waals surface area contributed by atoms with E-state index in [2.05, 4.69) is 5.32 Å². The summed E-state index contributed by atoms with van der Waals surface area (Å²) >= 11 is 0. The molecule has 0 aliphatic carbocycles. The van der Waals surface area contributed by atoms with E-state index in [1.165, 1.54) is 0 Å². The van der Waals surface area contributed by atoms with E-state index in [-0.39, 0.29) is 11.3 Å². The zero-order valence-corrected chi connectivity index (χ0v) is 12.0. The monoisotopic (exact) mass is 279 g/mol. The third-order valence-electron chi connectivity index (χ3n) is 3.63. The van der Waals surface area contributed by atoms with Gasteiger partial charge in [0, 0.05) is 0 Å². The molecule has 0 aromatic heterocycles. The molecule has 1 saturated heterocycles. The number of carbonyl (C=O) groups is 1. The summed E-state index contributed by atoms with van der Waals surface area (Å²) in [6.07, 6.45) is 0.804. The Morgan fingerprint density at radius 2 is 1.95 bits per heavy atom. The molecule has 1 aliphatic rings. The Kier molecular flexibility index (Phi) is 4.84. The van der Waals surface area contributed by atoms with Gasteiger partial charge in [0.05, 0.1) is 32.3 Å². The van der Waals surface area contributed by atoms with E-state index >= 15 is 0 Å². The second kappa shape index (κ2) is 6.61. The first-order valence-corrected chi connectivity index (χ1v) is 6.83. The fourth-order valence-electron chi connectivity index (χ4n) is 2.04. The summed E-state index contributed by atoms with van der Waals surface area (Å²) < 4.78 is 15.8. The summed E-state index contributed by atoms with van der Waals surface area (Å²) in [6, 6.07) is 7.36. The molecule has 0 radical (unpaired) electrons. The molecule has 5 nitrogen and oxygen atoms in total. The fraction of sp³-hybridized carbons (Fsp3) is 0.533. The number of methoxy groups -OCH3 is 1. The Morgan fingerprint density at radius 1 is 1.30 bits per heavy atom. The topological polar surface area (TPSA) is 56.8 Å². The van der Waals surface area contributed by atoms with E-state index in [4.69, 9.17) is 14.2 Å². The molecule has 0 spiro atoms. The molecule has 1 heterocycles. The summed E-state index contributed by atoms with van der Waals surface area (Å²) in [5, 5.41) is 2.90. The van der Waals surface area contributed by atoms with Gasteiger partial charge < -0.3 is 19.5 Å². The van der Waals surface area contributed by atoms with Crippen molar-refractivity contribution in [1.29, 1.82) is 0 Å². The van der Waals surface area contributed by atoms with Crippen LogP contribution in [0, 0.1) is 5.41 Å². The van der Waals surface area contributed by atoms with Crippen molar-refractivity contribution in [3.05, 3.63) is 24.3 Å². The van der Waals surface area contributed by atoms with Gasteiger partial charge in [-0.25, -0.2) is 0 Å². The minimum Gasteiger partial charge on any atom is -0.497 e. The molecular formula is C15H21NO4. The van der Waals surface area contributed by atoms with E-state index in [0.717, 1.165) is 17.9 Å².